The molecule has 0 saturated carbocycles. The Labute approximate surface area is 315 Å². The Balaban J connectivity index is 3.62. The molecule has 6 nitrogen and oxygen atoms in total. The van der Waals surface area contributed by atoms with Crippen molar-refractivity contribution in [1.29, 1.82) is 0 Å². The Kier molecular flexibility index (Phi) is 38.9. The lowest BCUT2D eigenvalue weighted by atomic mass is 10.1. The molecular weight excluding hydrogens is 634 g/mol. The molecule has 296 valence electrons. The zero-order chi connectivity index (χ0) is 37.3. The summed E-state index contributed by atoms with van der Waals surface area (Å²) in [7, 11) is 0. The summed E-state index contributed by atoms with van der Waals surface area (Å²) in [6.45, 7) is 4.72. The minimum Gasteiger partial charge on any atom is -0.466 e. The van der Waals surface area contributed by atoms with Crippen LogP contribution < -0.4 is 5.32 Å². The Morgan fingerprint density at radius 1 is 0.549 bits per heavy atom. The number of carbonyl (C=O) groups is 2. The van der Waals surface area contributed by atoms with Gasteiger partial charge in [-0.25, -0.2) is 0 Å². The molecule has 0 radical (unpaired) electrons. The third-order valence-corrected chi connectivity index (χ3v) is 9.31. The third kappa shape index (κ3) is 37.4. The summed E-state index contributed by atoms with van der Waals surface area (Å²) in [5.41, 5.74) is 0. The lowest BCUT2D eigenvalue weighted by molar-refractivity contribution is -0.143. The van der Waals surface area contributed by atoms with Gasteiger partial charge in [0.25, 0.3) is 0 Å². The van der Waals surface area contributed by atoms with Gasteiger partial charge in [-0.2, -0.15) is 0 Å². The molecule has 0 aliphatic carbocycles. The van der Waals surface area contributed by atoms with E-state index in [1.807, 2.05) is 6.08 Å². The van der Waals surface area contributed by atoms with E-state index in [9.17, 15) is 19.8 Å². The maximum absolute atomic E-state index is 12.3. The van der Waals surface area contributed by atoms with Gasteiger partial charge in [-0.15, -0.1) is 0 Å². The van der Waals surface area contributed by atoms with Crippen LogP contribution in [-0.2, 0) is 14.3 Å². The second kappa shape index (κ2) is 40.6. The minimum atomic E-state index is -0.875. The monoisotopic (exact) mass is 716 g/mol. The van der Waals surface area contributed by atoms with Crippen molar-refractivity contribution in [3.63, 3.8) is 0 Å². The van der Waals surface area contributed by atoms with Crippen LogP contribution in [0.15, 0.2) is 48.6 Å². The number of unbranched alkanes of at least 4 members (excludes halogenated alkanes) is 21. The molecule has 0 aliphatic heterocycles. The lowest BCUT2D eigenvalue weighted by Crippen LogP contribution is -2.45. The molecule has 0 saturated heterocycles. The number of aliphatic hydroxyl groups is 2. The molecule has 0 aliphatic rings. The number of amides is 1. The molecule has 2 unspecified atom stereocenters. The second-order valence-electron chi connectivity index (χ2n) is 14.3. The molecule has 0 aromatic heterocycles. The quantitative estimate of drug-likeness (QED) is 0.0336. The number of hydrogen-bond acceptors (Lipinski definition) is 5. The van der Waals surface area contributed by atoms with Crippen molar-refractivity contribution in [3.05, 3.63) is 48.6 Å². The molecular formula is C45H81NO5. The van der Waals surface area contributed by atoms with Crippen LogP contribution in [0.4, 0.5) is 0 Å². The predicted molar refractivity (Wildman–Crippen MR) is 218 cm³/mol. The smallest absolute Gasteiger partial charge is 0.305 e. The fourth-order valence-electron chi connectivity index (χ4n) is 5.94. The summed E-state index contributed by atoms with van der Waals surface area (Å²) >= 11 is 0. The molecule has 0 aromatic carbocycles. The van der Waals surface area contributed by atoms with E-state index in [2.05, 4.69) is 55.6 Å². The van der Waals surface area contributed by atoms with Gasteiger partial charge in [0.15, 0.2) is 0 Å². The second-order valence-corrected chi connectivity index (χ2v) is 14.3. The molecule has 6 heteroatoms. The SMILES string of the molecule is CCCC/C=C\C/C=C\CCCCCCCC(=O)OCCCCCC/C=C\CCCC(=O)NC(CO)C(O)/C=C/CCCCCCCCCCC. The number of hydrogen-bond donors (Lipinski definition) is 3. The van der Waals surface area contributed by atoms with Crippen LogP contribution in [0.3, 0.4) is 0 Å². The maximum atomic E-state index is 12.3. The molecule has 1 amide bonds. The average Bonchev–Trinajstić information content (AvgIpc) is 3.13. The van der Waals surface area contributed by atoms with Crippen LogP contribution in [0.25, 0.3) is 0 Å². The van der Waals surface area contributed by atoms with Crippen molar-refractivity contribution in [2.24, 2.45) is 0 Å². The van der Waals surface area contributed by atoms with Crippen LogP contribution in [0, 0.1) is 0 Å². The first-order valence-electron chi connectivity index (χ1n) is 21.4. The van der Waals surface area contributed by atoms with E-state index >= 15 is 0 Å². The van der Waals surface area contributed by atoms with E-state index in [4.69, 9.17) is 4.74 Å². The zero-order valence-corrected chi connectivity index (χ0v) is 33.3. The Morgan fingerprint density at radius 2 is 1.02 bits per heavy atom. The normalized spacial score (nSPS) is 13.3. The van der Waals surface area contributed by atoms with Crippen LogP contribution >= 0.6 is 0 Å². The number of carbonyl (C=O) groups excluding carboxylic acids is 2. The highest BCUT2D eigenvalue weighted by Crippen LogP contribution is 2.12. The van der Waals surface area contributed by atoms with Crippen molar-refractivity contribution in [1.82, 2.24) is 5.32 Å². The van der Waals surface area contributed by atoms with Crippen LogP contribution in [0.5, 0.6) is 0 Å². The van der Waals surface area contributed by atoms with Gasteiger partial charge in [0.1, 0.15) is 0 Å². The van der Waals surface area contributed by atoms with Gasteiger partial charge in [0.05, 0.1) is 25.4 Å². The Morgan fingerprint density at radius 3 is 1.61 bits per heavy atom. The molecule has 0 aromatic rings. The minimum absolute atomic E-state index is 0.0546. The van der Waals surface area contributed by atoms with Crippen molar-refractivity contribution in [2.75, 3.05) is 13.2 Å². The van der Waals surface area contributed by atoms with Crippen molar-refractivity contribution >= 4 is 11.9 Å². The van der Waals surface area contributed by atoms with Gasteiger partial charge in [0, 0.05) is 12.8 Å². The lowest BCUT2D eigenvalue weighted by Gasteiger charge is -2.19. The summed E-state index contributed by atoms with van der Waals surface area (Å²) in [6.07, 6.45) is 48.1. The van der Waals surface area contributed by atoms with Crippen molar-refractivity contribution in [3.8, 4) is 0 Å². The van der Waals surface area contributed by atoms with Crippen LogP contribution in [-0.4, -0.2) is 47.4 Å². The predicted octanol–water partition coefficient (Wildman–Crippen LogP) is 11.9. The summed E-state index contributed by atoms with van der Waals surface area (Å²) in [4.78, 5) is 24.3. The van der Waals surface area contributed by atoms with Crippen LogP contribution in [0.1, 0.15) is 200 Å². The molecule has 2 atom stereocenters. The standard InChI is InChI=1S/C45H81NO5/c1-3-5-7-9-11-13-15-16-17-19-23-27-31-35-39-45(50)51-40-36-32-28-24-20-22-26-30-34-38-44(49)46-42(41-47)43(48)37-33-29-25-21-18-14-12-10-8-6-4-2/h9,11,15-16,22,26,33,37,42-43,47-48H,3-8,10,12-14,17-21,23-25,27-32,34-36,38-41H2,1-2H3,(H,46,49)/b11-9-,16-15-,26-22-,37-33+. The first kappa shape index (κ1) is 48.8. The number of allylic oxidation sites excluding steroid dienone is 7. The molecule has 0 spiro atoms. The highest BCUT2D eigenvalue weighted by molar-refractivity contribution is 5.76. The number of aliphatic hydroxyl groups excluding tert-OH is 2. The highest BCUT2D eigenvalue weighted by Gasteiger charge is 2.17. The molecule has 0 rings (SSSR count). The molecule has 51 heavy (non-hydrogen) atoms. The Bertz CT molecular complexity index is 880. The highest BCUT2D eigenvalue weighted by atomic mass is 16.5. The topological polar surface area (TPSA) is 95.9 Å². The van der Waals surface area contributed by atoms with E-state index in [1.165, 1.54) is 89.9 Å². The number of nitrogens with one attached hydrogen (secondary N) is 1. The maximum Gasteiger partial charge on any atom is 0.305 e. The average molecular weight is 716 g/mol. The first-order chi connectivity index (χ1) is 25.0. The van der Waals surface area contributed by atoms with Gasteiger partial charge in [-0.1, -0.05) is 159 Å². The number of ether oxygens (including phenoxy) is 1. The van der Waals surface area contributed by atoms with Gasteiger partial charge in [-0.05, 0) is 77.0 Å². The van der Waals surface area contributed by atoms with E-state index in [1.54, 1.807) is 6.08 Å². The molecule has 0 bridgehead atoms. The Hall–Kier alpha value is -2.18. The van der Waals surface area contributed by atoms with Gasteiger partial charge < -0.3 is 20.3 Å². The molecule has 0 fully saturated rings. The van der Waals surface area contributed by atoms with Crippen molar-refractivity contribution < 1.29 is 24.5 Å². The molecule has 3 N–H and O–H groups in total. The summed E-state index contributed by atoms with van der Waals surface area (Å²) in [5.74, 6) is -0.189. The van der Waals surface area contributed by atoms with E-state index in [-0.39, 0.29) is 18.5 Å². The van der Waals surface area contributed by atoms with Gasteiger partial charge >= 0.3 is 5.97 Å². The molecule has 0 heterocycles. The fourth-order valence-corrected chi connectivity index (χ4v) is 5.94. The third-order valence-electron chi connectivity index (χ3n) is 9.31. The van der Waals surface area contributed by atoms with Crippen molar-refractivity contribution in [2.45, 2.75) is 212 Å². The largest absolute Gasteiger partial charge is 0.466 e. The number of rotatable bonds is 38. The zero-order valence-electron chi connectivity index (χ0n) is 33.3. The van der Waals surface area contributed by atoms with Gasteiger partial charge in [-0.3, -0.25) is 9.59 Å². The van der Waals surface area contributed by atoms with E-state index < -0.39 is 12.1 Å². The van der Waals surface area contributed by atoms with Gasteiger partial charge in [0.2, 0.25) is 5.91 Å². The van der Waals surface area contributed by atoms with E-state index in [0.29, 0.717) is 19.4 Å². The summed E-state index contributed by atoms with van der Waals surface area (Å²) < 4.78 is 5.41. The fraction of sp³-hybridized carbons (Fsp3) is 0.778. The summed E-state index contributed by atoms with van der Waals surface area (Å²) in [5, 5.41) is 22.8. The summed E-state index contributed by atoms with van der Waals surface area (Å²) in [6, 6.07) is -0.665. The van der Waals surface area contributed by atoms with Crippen LogP contribution in [0.2, 0.25) is 0 Å². The first-order valence-corrected chi connectivity index (χ1v) is 21.4. The number of esters is 1. The van der Waals surface area contributed by atoms with E-state index in [0.717, 1.165) is 83.5 Å².